The highest BCUT2D eigenvalue weighted by molar-refractivity contribution is 5.97. The van der Waals surface area contributed by atoms with Crippen LogP contribution >= 0.6 is 0 Å². The van der Waals surface area contributed by atoms with E-state index in [9.17, 15) is 9.59 Å². The molecule has 128 valence electrons. The van der Waals surface area contributed by atoms with Crippen molar-refractivity contribution >= 4 is 17.8 Å². The summed E-state index contributed by atoms with van der Waals surface area (Å²) in [6, 6.07) is 0.310. The summed E-state index contributed by atoms with van der Waals surface area (Å²) in [7, 11) is 0. The van der Waals surface area contributed by atoms with Crippen molar-refractivity contribution in [3.05, 3.63) is 0 Å². The van der Waals surface area contributed by atoms with Crippen LogP contribution in [0.4, 0.5) is 0 Å². The molecular weight excluding hydrogens is 296 g/mol. The molecule has 3 fully saturated rings. The van der Waals surface area contributed by atoms with Gasteiger partial charge in [-0.1, -0.05) is 0 Å². The molecule has 3 rings (SSSR count). The molecule has 3 saturated heterocycles. The minimum absolute atomic E-state index is 0.0732. The molecule has 0 saturated carbocycles. The van der Waals surface area contributed by atoms with Gasteiger partial charge in [-0.15, -0.1) is 0 Å². The highest BCUT2D eigenvalue weighted by Gasteiger charge is 2.41. The van der Waals surface area contributed by atoms with Crippen LogP contribution in [0, 0.1) is 0 Å². The first kappa shape index (κ1) is 16.2. The number of nitrogens with zero attached hydrogens (tertiary/aromatic N) is 2. The van der Waals surface area contributed by atoms with Crippen molar-refractivity contribution in [1.29, 1.82) is 0 Å². The SMILES string of the molecule is CCNC(=NCCN1C(=O)CCCC1=O)NC1CC2CCC1O2. The molecule has 0 aromatic rings. The number of carbonyl (C=O) groups excluding carboxylic acids is 2. The lowest BCUT2D eigenvalue weighted by molar-refractivity contribution is -0.147. The summed E-state index contributed by atoms with van der Waals surface area (Å²) < 4.78 is 5.85. The number of carbonyl (C=O) groups is 2. The number of nitrogens with one attached hydrogen (secondary N) is 2. The quantitative estimate of drug-likeness (QED) is 0.435. The number of ether oxygens (including phenoxy) is 1. The monoisotopic (exact) mass is 322 g/mol. The minimum atomic E-state index is -0.0732. The third-order valence-corrected chi connectivity index (χ3v) is 4.75. The average molecular weight is 322 g/mol. The molecule has 0 spiro atoms. The van der Waals surface area contributed by atoms with Crippen LogP contribution in [-0.4, -0.2) is 60.6 Å². The minimum Gasteiger partial charge on any atom is -0.373 e. The van der Waals surface area contributed by atoms with Crippen molar-refractivity contribution in [3.63, 3.8) is 0 Å². The summed E-state index contributed by atoms with van der Waals surface area (Å²) in [4.78, 5) is 29.4. The average Bonchev–Trinajstić information content (AvgIpc) is 3.13. The lowest BCUT2D eigenvalue weighted by Gasteiger charge is -2.25. The summed E-state index contributed by atoms with van der Waals surface area (Å²) >= 11 is 0. The van der Waals surface area contributed by atoms with Crippen molar-refractivity contribution in [2.45, 2.75) is 63.7 Å². The second-order valence-corrected chi connectivity index (χ2v) is 6.41. The fourth-order valence-electron chi connectivity index (χ4n) is 3.60. The lowest BCUT2D eigenvalue weighted by atomic mass is 9.96. The number of rotatable bonds is 5. The fourth-order valence-corrected chi connectivity index (χ4v) is 3.60. The van der Waals surface area contributed by atoms with Crippen molar-refractivity contribution in [2.75, 3.05) is 19.6 Å². The molecule has 3 aliphatic rings. The number of hydrogen-bond donors (Lipinski definition) is 2. The van der Waals surface area contributed by atoms with Crippen LogP contribution < -0.4 is 10.6 Å². The summed E-state index contributed by atoms with van der Waals surface area (Å²) in [6.45, 7) is 3.58. The maximum absolute atomic E-state index is 11.8. The molecule has 0 radical (unpaired) electrons. The van der Waals surface area contributed by atoms with Gasteiger partial charge in [-0.05, 0) is 32.6 Å². The Bertz CT molecular complexity index is 478. The number of amides is 2. The van der Waals surface area contributed by atoms with Crippen LogP contribution in [0.25, 0.3) is 0 Å². The highest BCUT2D eigenvalue weighted by atomic mass is 16.5. The van der Waals surface area contributed by atoms with Gasteiger partial charge in [-0.25, -0.2) is 0 Å². The van der Waals surface area contributed by atoms with E-state index in [1.165, 1.54) is 4.90 Å². The molecule has 7 heteroatoms. The van der Waals surface area contributed by atoms with E-state index in [0.717, 1.165) is 31.8 Å². The molecule has 2 amide bonds. The Hall–Kier alpha value is -1.63. The van der Waals surface area contributed by atoms with Gasteiger partial charge in [0.1, 0.15) is 0 Å². The zero-order valence-electron chi connectivity index (χ0n) is 13.7. The summed E-state index contributed by atoms with van der Waals surface area (Å²) in [5.41, 5.74) is 0. The van der Waals surface area contributed by atoms with Crippen molar-refractivity contribution in [3.8, 4) is 0 Å². The normalized spacial score (nSPS) is 30.9. The van der Waals surface area contributed by atoms with Crippen molar-refractivity contribution < 1.29 is 14.3 Å². The molecule has 2 N–H and O–H groups in total. The first-order chi connectivity index (χ1) is 11.2. The number of hydrogen-bond acceptors (Lipinski definition) is 4. The lowest BCUT2D eigenvalue weighted by Crippen LogP contribution is -2.48. The second kappa shape index (κ2) is 7.29. The molecule has 7 nitrogen and oxygen atoms in total. The Morgan fingerprint density at radius 3 is 2.70 bits per heavy atom. The van der Waals surface area contributed by atoms with Crippen LogP contribution in [-0.2, 0) is 14.3 Å². The Morgan fingerprint density at radius 2 is 2.09 bits per heavy atom. The number of guanidine groups is 1. The maximum Gasteiger partial charge on any atom is 0.229 e. The smallest absolute Gasteiger partial charge is 0.229 e. The molecule has 0 aromatic heterocycles. The molecule has 2 bridgehead atoms. The van der Waals surface area contributed by atoms with E-state index in [1.54, 1.807) is 0 Å². The van der Waals surface area contributed by atoms with Crippen molar-refractivity contribution in [1.82, 2.24) is 15.5 Å². The topological polar surface area (TPSA) is 83.0 Å². The molecule has 3 heterocycles. The van der Waals surface area contributed by atoms with E-state index in [1.807, 2.05) is 6.92 Å². The van der Waals surface area contributed by atoms with E-state index in [-0.39, 0.29) is 17.9 Å². The zero-order chi connectivity index (χ0) is 16.2. The number of fused-ring (bicyclic) bond motifs is 2. The fraction of sp³-hybridized carbons (Fsp3) is 0.812. The number of aliphatic imine (C=N–C) groups is 1. The standard InChI is InChI=1S/C16H26N4O3/c1-2-17-16(19-12-10-11-6-7-13(12)23-11)18-8-9-20-14(21)4-3-5-15(20)22/h11-13H,2-10H2,1H3,(H2,17,18,19). The van der Waals surface area contributed by atoms with E-state index in [4.69, 9.17) is 4.74 Å². The first-order valence-corrected chi connectivity index (χ1v) is 8.71. The van der Waals surface area contributed by atoms with Gasteiger partial charge >= 0.3 is 0 Å². The van der Waals surface area contributed by atoms with Crippen LogP contribution in [0.15, 0.2) is 4.99 Å². The number of piperidine rings is 1. The summed E-state index contributed by atoms with van der Waals surface area (Å²) in [5.74, 6) is 0.595. The summed E-state index contributed by atoms with van der Waals surface area (Å²) in [5, 5.41) is 6.66. The van der Waals surface area contributed by atoms with E-state index in [0.29, 0.717) is 44.5 Å². The highest BCUT2D eigenvalue weighted by Crippen LogP contribution is 2.34. The Labute approximate surface area is 136 Å². The molecule has 3 unspecified atom stereocenters. The Kier molecular flexibility index (Phi) is 5.15. The van der Waals surface area contributed by atoms with Gasteiger partial charge < -0.3 is 15.4 Å². The van der Waals surface area contributed by atoms with Gasteiger partial charge in [-0.2, -0.15) is 0 Å². The largest absolute Gasteiger partial charge is 0.373 e. The second-order valence-electron chi connectivity index (χ2n) is 6.41. The van der Waals surface area contributed by atoms with E-state index >= 15 is 0 Å². The molecule has 0 aliphatic carbocycles. The van der Waals surface area contributed by atoms with Crippen LogP contribution in [0.3, 0.4) is 0 Å². The summed E-state index contributed by atoms with van der Waals surface area (Å²) in [6.07, 6.45) is 5.59. The zero-order valence-corrected chi connectivity index (χ0v) is 13.7. The molecule has 3 aliphatic heterocycles. The van der Waals surface area contributed by atoms with Gasteiger partial charge in [-0.3, -0.25) is 19.5 Å². The van der Waals surface area contributed by atoms with E-state index < -0.39 is 0 Å². The Morgan fingerprint density at radius 1 is 1.30 bits per heavy atom. The van der Waals surface area contributed by atoms with Gasteiger partial charge in [0.05, 0.1) is 24.8 Å². The van der Waals surface area contributed by atoms with Gasteiger partial charge in [0.25, 0.3) is 0 Å². The van der Waals surface area contributed by atoms with E-state index in [2.05, 4.69) is 15.6 Å². The third kappa shape index (κ3) is 3.83. The molecule has 0 aromatic carbocycles. The van der Waals surface area contributed by atoms with Crippen LogP contribution in [0.1, 0.15) is 45.4 Å². The molecular formula is C16H26N4O3. The number of imide groups is 1. The number of likely N-dealkylation sites (tertiary alicyclic amines) is 1. The van der Waals surface area contributed by atoms with Crippen LogP contribution in [0.5, 0.6) is 0 Å². The molecule has 23 heavy (non-hydrogen) atoms. The first-order valence-electron chi connectivity index (χ1n) is 8.71. The predicted octanol–water partition coefficient (Wildman–Crippen LogP) is 0.401. The van der Waals surface area contributed by atoms with Gasteiger partial charge in [0, 0.05) is 25.9 Å². The van der Waals surface area contributed by atoms with Gasteiger partial charge in [0.15, 0.2) is 5.96 Å². The van der Waals surface area contributed by atoms with Crippen molar-refractivity contribution in [2.24, 2.45) is 4.99 Å². The third-order valence-electron chi connectivity index (χ3n) is 4.75. The van der Waals surface area contributed by atoms with Gasteiger partial charge in [0.2, 0.25) is 11.8 Å². The predicted molar refractivity (Wildman–Crippen MR) is 86.0 cm³/mol. The molecule has 3 atom stereocenters. The maximum atomic E-state index is 11.8. The Balaban J connectivity index is 1.52. The van der Waals surface area contributed by atoms with Crippen LogP contribution in [0.2, 0.25) is 0 Å².